The molecule has 2 rings (SSSR count). The molecule has 0 bridgehead atoms. The fourth-order valence-electron chi connectivity index (χ4n) is 3.06. The highest BCUT2D eigenvalue weighted by Crippen LogP contribution is 2.12. The first-order chi connectivity index (χ1) is 16.5. The highest BCUT2D eigenvalue weighted by Gasteiger charge is 2.25. The van der Waals surface area contributed by atoms with E-state index >= 15 is 0 Å². The number of amides is 1. The van der Waals surface area contributed by atoms with E-state index in [9.17, 15) is 14.7 Å². The molecule has 9 nitrogen and oxygen atoms in total. The summed E-state index contributed by atoms with van der Waals surface area (Å²) in [7, 11) is 1.56. The molecule has 2 N–H and O–H groups in total. The average Bonchev–Trinajstić information content (AvgIpc) is 2.85. The summed E-state index contributed by atoms with van der Waals surface area (Å²) >= 11 is 0. The van der Waals surface area contributed by atoms with Crippen molar-refractivity contribution < 1.29 is 33.6 Å². The fourth-order valence-corrected chi connectivity index (χ4v) is 3.06. The summed E-state index contributed by atoms with van der Waals surface area (Å²) in [5, 5.41) is 21.4. The standard InChI is InChI=1S/C25H30N2O7/c1-31-11-12-32-18-34-17-23(27-24(28)21-9-7-19(14-26)8-10-21)13-22(25(29)30)16-33-15-20-5-3-2-4-6-20/h2-10,22-23H,11-13,15-18H2,1H3,(H,27,28)(H,29,30)/t22-,23+/m1/s1. The smallest absolute Gasteiger partial charge is 0.308 e. The molecule has 182 valence electrons. The molecule has 0 aromatic heterocycles. The van der Waals surface area contributed by atoms with Crippen LogP contribution in [0.5, 0.6) is 0 Å². The average molecular weight is 471 g/mol. The number of rotatable bonds is 16. The fraction of sp³-hybridized carbons (Fsp3) is 0.400. The van der Waals surface area contributed by atoms with E-state index in [2.05, 4.69) is 5.32 Å². The van der Waals surface area contributed by atoms with Crippen molar-refractivity contribution in [2.75, 3.05) is 40.3 Å². The van der Waals surface area contributed by atoms with E-state index in [4.69, 9.17) is 24.2 Å². The first-order valence-corrected chi connectivity index (χ1v) is 10.8. The number of benzene rings is 2. The number of carboxylic acids is 1. The molecular weight excluding hydrogens is 440 g/mol. The highest BCUT2D eigenvalue weighted by molar-refractivity contribution is 5.94. The van der Waals surface area contributed by atoms with Gasteiger partial charge in [0.15, 0.2) is 0 Å². The quantitative estimate of drug-likeness (QED) is 0.283. The second-order valence-corrected chi connectivity index (χ2v) is 7.52. The molecule has 0 saturated carbocycles. The maximum Gasteiger partial charge on any atom is 0.308 e. The van der Waals surface area contributed by atoms with E-state index in [1.165, 1.54) is 12.1 Å². The van der Waals surface area contributed by atoms with Crippen LogP contribution in [0.2, 0.25) is 0 Å². The van der Waals surface area contributed by atoms with Crippen molar-refractivity contribution >= 4 is 11.9 Å². The predicted molar refractivity (Wildman–Crippen MR) is 123 cm³/mol. The Bertz CT molecular complexity index is 913. The number of carboxylic acid groups (broad SMARTS) is 1. The van der Waals surface area contributed by atoms with Gasteiger partial charge in [0.05, 0.1) is 56.6 Å². The van der Waals surface area contributed by atoms with Crippen molar-refractivity contribution in [3.05, 3.63) is 71.3 Å². The van der Waals surface area contributed by atoms with E-state index in [1.807, 2.05) is 36.4 Å². The van der Waals surface area contributed by atoms with Crippen LogP contribution in [0.3, 0.4) is 0 Å². The van der Waals surface area contributed by atoms with Gasteiger partial charge in [0.1, 0.15) is 6.79 Å². The Labute approximate surface area is 199 Å². The van der Waals surface area contributed by atoms with Gasteiger partial charge in [-0.1, -0.05) is 30.3 Å². The van der Waals surface area contributed by atoms with Gasteiger partial charge in [-0.2, -0.15) is 5.26 Å². The minimum absolute atomic E-state index is 0.0161. The van der Waals surface area contributed by atoms with Gasteiger partial charge in [-0.15, -0.1) is 0 Å². The maximum atomic E-state index is 12.7. The molecule has 0 aliphatic heterocycles. The van der Waals surface area contributed by atoms with Crippen LogP contribution in [0.1, 0.15) is 27.9 Å². The number of nitrogens with one attached hydrogen (secondary N) is 1. The lowest BCUT2D eigenvalue weighted by molar-refractivity contribution is -0.145. The Kier molecular flexibility index (Phi) is 12.3. The Balaban J connectivity index is 1.97. The third-order valence-corrected chi connectivity index (χ3v) is 4.88. The summed E-state index contributed by atoms with van der Waals surface area (Å²) in [6, 6.07) is 17.0. The second-order valence-electron chi connectivity index (χ2n) is 7.52. The SMILES string of the molecule is COCCOCOC[C@H](C[C@H](COCc1ccccc1)C(=O)O)NC(=O)c1ccc(C#N)cc1. The monoisotopic (exact) mass is 470 g/mol. The van der Waals surface area contributed by atoms with Gasteiger partial charge < -0.3 is 29.4 Å². The van der Waals surface area contributed by atoms with Gasteiger partial charge in [0, 0.05) is 12.7 Å². The summed E-state index contributed by atoms with van der Waals surface area (Å²) in [5.41, 5.74) is 1.73. The number of nitrogens with zero attached hydrogens (tertiary/aromatic N) is 1. The Morgan fingerprint density at radius 3 is 2.38 bits per heavy atom. The maximum absolute atomic E-state index is 12.7. The van der Waals surface area contributed by atoms with Crippen LogP contribution in [0.4, 0.5) is 0 Å². The van der Waals surface area contributed by atoms with Gasteiger partial charge in [-0.3, -0.25) is 9.59 Å². The van der Waals surface area contributed by atoms with Crippen molar-refractivity contribution in [3.8, 4) is 6.07 Å². The van der Waals surface area contributed by atoms with Crippen LogP contribution in [0.25, 0.3) is 0 Å². The largest absolute Gasteiger partial charge is 0.481 e. The first kappa shape index (κ1) is 27.0. The molecule has 1 amide bonds. The van der Waals surface area contributed by atoms with E-state index < -0.39 is 23.8 Å². The molecule has 0 radical (unpaired) electrons. The number of hydrogen-bond donors (Lipinski definition) is 2. The Morgan fingerprint density at radius 1 is 1.00 bits per heavy atom. The number of nitriles is 1. The number of carbonyl (C=O) groups excluding carboxylic acids is 1. The Hall–Kier alpha value is -3.29. The lowest BCUT2D eigenvalue weighted by Crippen LogP contribution is -2.41. The molecule has 2 aromatic rings. The normalized spacial score (nSPS) is 12.5. The summed E-state index contributed by atoms with van der Waals surface area (Å²) < 4.78 is 21.3. The number of aliphatic carboxylic acids is 1. The zero-order valence-corrected chi connectivity index (χ0v) is 19.1. The highest BCUT2D eigenvalue weighted by atomic mass is 16.7. The van der Waals surface area contributed by atoms with Crippen LogP contribution < -0.4 is 5.32 Å². The minimum Gasteiger partial charge on any atom is -0.481 e. The molecule has 0 aliphatic rings. The lowest BCUT2D eigenvalue weighted by atomic mass is 10.0. The Morgan fingerprint density at radius 2 is 1.74 bits per heavy atom. The molecule has 0 unspecified atom stereocenters. The number of hydrogen-bond acceptors (Lipinski definition) is 7. The number of methoxy groups -OCH3 is 1. The van der Waals surface area contributed by atoms with Crippen LogP contribution in [-0.2, 0) is 30.3 Å². The van der Waals surface area contributed by atoms with Gasteiger partial charge in [-0.05, 0) is 36.2 Å². The molecule has 9 heteroatoms. The van der Waals surface area contributed by atoms with Crippen molar-refractivity contribution in [2.24, 2.45) is 5.92 Å². The predicted octanol–water partition coefficient (Wildman–Crippen LogP) is 2.60. The second kappa shape index (κ2) is 15.5. The molecule has 34 heavy (non-hydrogen) atoms. The molecule has 0 spiro atoms. The first-order valence-electron chi connectivity index (χ1n) is 10.8. The third kappa shape index (κ3) is 10.1. The zero-order chi connectivity index (χ0) is 24.6. The van der Waals surface area contributed by atoms with Crippen LogP contribution >= 0.6 is 0 Å². The van der Waals surface area contributed by atoms with Crippen molar-refractivity contribution in [2.45, 2.75) is 19.1 Å². The summed E-state index contributed by atoms with van der Waals surface area (Å²) in [5.74, 6) is -2.28. The molecule has 2 atom stereocenters. The van der Waals surface area contributed by atoms with E-state index in [-0.39, 0.29) is 33.0 Å². The van der Waals surface area contributed by atoms with E-state index in [0.717, 1.165) is 5.56 Å². The van der Waals surface area contributed by atoms with Crippen molar-refractivity contribution in [1.82, 2.24) is 5.32 Å². The zero-order valence-electron chi connectivity index (χ0n) is 19.1. The van der Waals surface area contributed by atoms with E-state index in [1.54, 1.807) is 19.2 Å². The van der Waals surface area contributed by atoms with Gasteiger partial charge in [-0.25, -0.2) is 0 Å². The van der Waals surface area contributed by atoms with E-state index in [0.29, 0.717) is 24.3 Å². The third-order valence-electron chi connectivity index (χ3n) is 4.88. The molecule has 0 saturated heterocycles. The molecule has 2 aromatic carbocycles. The summed E-state index contributed by atoms with van der Waals surface area (Å²) in [6.45, 7) is 1.08. The van der Waals surface area contributed by atoms with Crippen LogP contribution in [-0.4, -0.2) is 63.4 Å². The van der Waals surface area contributed by atoms with Crippen molar-refractivity contribution in [3.63, 3.8) is 0 Å². The molecule has 0 aliphatic carbocycles. The van der Waals surface area contributed by atoms with Crippen LogP contribution in [0.15, 0.2) is 54.6 Å². The molecule has 0 heterocycles. The minimum atomic E-state index is -1.03. The molecule has 0 fully saturated rings. The summed E-state index contributed by atoms with van der Waals surface area (Å²) in [6.07, 6.45) is 0.101. The van der Waals surface area contributed by atoms with Gasteiger partial charge >= 0.3 is 5.97 Å². The number of carbonyl (C=O) groups is 2. The molecular formula is C25H30N2O7. The van der Waals surface area contributed by atoms with Crippen LogP contribution in [0, 0.1) is 17.2 Å². The van der Waals surface area contributed by atoms with Gasteiger partial charge in [0.2, 0.25) is 0 Å². The summed E-state index contributed by atoms with van der Waals surface area (Å²) in [4.78, 5) is 24.6. The topological polar surface area (TPSA) is 127 Å². The van der Waals surface area contributed by atoms with Gasteiger partial charge in [0.25, 0.3) is 5.91 Å². The lowest BCUT2D eigenvalue weighted by Gasteiger charge is -2.22. The van der Waals surface area contributed by atoms with Crippen molar-refractivity contribution in [1.29, 1.82) is 5.26 Å². The number of ether oxygens (including phenoxy) is 4.